The quantitative estimate of drug-likeness (QED) is 0.772. The molecule has 1 fully saturated rings. The summed E-state index contributed by atoms with van der Waals surface area (Å²) < 4.78 is 0. The Labute approximate surface area is 114 Å². The van der Waals surface area contributed by atoms with E-state index in [2.05, 4.69) is 20.8 Å². The van der Waals surface area contributed by atoms with Gasteiger partial charge in [-0.3, -0.25) is 9.59 Å². The van der Waals surface area contributed by atoms with Gasteiger partial charge in [0.2, 0.25) is 11.8 Å². The van der Waals surface area contributed by atoms with E-state index in [0.29, 0.717) is 0 Å². The molecule has 4 nitrogen and oxygen atoms in total. The molecule has 0 atom stereocenters. The number of benzene rings is 1. The Kier molecular flexibility index (Phi) is 3.35. The molecule has 2 rings (SSSR count). The van der Waals surface area contributed by atoms with Crippen molar-refractivity contribution in [2.75, 3.05) is 25.0 Å². The van der Waals surface area contributed by atoms with Crippen molar-refractivity contribution in [1.82, 2.24) is 4.90 Å². The van der Waals surface area contributed by atoms with Crippen LogP contribution in [0.5, 0.6) is 0 Å². The summed E-state index contributed by atoms with van der Waals surface area (Å²) in [4.78, 5) is 26.7. The molecule has 0 saturated carbocycles. The molecule has 1 heterocycles. The van der Waals surface area contributed by atoms with Gasteiger partial charge in [-0.2, -0.15) is 0 Å². The standard InChI is InChI=1S/C15H20N2O2/c1-15(2,3)11-5-7-12(8-6-11)17-10-13(18)16(4)9-14(17)19/h5-8H,9-10H2,1-4H3. The lowest BCUT2D eigenvalue weighted by molar-refractivity contribution is -0.136. The Morgan fingerprint density at radius 3 is 2.05 bits per heavy atom. The highest BCUT2D eigenvalue weighted by Gasteiger charge is 2.28. The number of nitrogens with zero attached hydrogens (tertiary/aromatic N) is 2. The van der Waals surface area contributed by atoms with Gasteiger partial charge in [0.1, 0.15) is 6.54 Å². The Balaban J connectivity index is 2.23. The maximum atomic E-state index is 12.0. The van der Waals surface area contributed by atoms with E-state index in [1.165, 1.54) is 10.5 Å². The summed E-state index contributed by atoms with van der Waals surface area (Å²) in [6.45, 7) is 6.72. The lowest BCUT2D eigenvalue weighted by Gasteiger charge is -2.32. The fraction of sp³-hybridized carbons (Fsp3) is 0.467. The average molecular weight is 260 g/mol. The fourth-order valence-corrected chi connectivity index (χ4v) is 2.10. The fourth-order valence-electron chi connectivity index (χ4n) is 2.10. The molecule has 1 aromatic rings. The smallest absolute Gasteiger partial charge is 0.247 e. The molecular formula is C15H20N2O2. The summed E-state index contributed by atoms with van der Waals surface area (Å²) in [6.07, 6.45) is 0. The van der Waals surface area contributed by atoms with Crippen LogP contribution in [0.2, 0.25) is 0 Å². The summed E-state index contributed by atoms with van der Waals surface area (Å²) in [5, 5.41) is 0. The van der Waals surface area contributed by atoms with Crippen LogP contribution in [0.1, 0.15) is 26.3 Å². The molecule has 19 heavy (non-hydrogen) atoms. The van der Waals surface area contributed by atoms with Gasteiger partial charge in [-0.1, -0.05) is 32.9 Å². The third kappa shape index (κ3) is 2.78. The number of piperazine rings is 1. The zero-order chi connectivity index (χ0) is 14.2. The maximum absolute atomic E-state index is 12.0. The first kappa shape index (κ1) is 13.6. The number of carbonyl (C=O) groups excluding carboxylic acids is 2. The summed E-state index contributed by atoms with van der Waals surface area (Å²) >= 11 is 0. The number of anilines is 1. The van der Waals surface area contributed by atoms with E-state index < -0.39 is 0 Å². The van der Waals surface area contributed by atoms with Crippen LogP contribution in [0, 0.1) is 0 Å². The van der Waals surface area contributed by atoms with Crippen molar-refractivity contribution in [2.45, 2.75) is 26.2 Å². The normalized spacial score (nSPS) is 17.1. The van der Waals surface area contributed by atoms with Crippen molar-refractivity contribution in [1.29, 1.82) is 0 Å². The van der Waals surface area contributed by atoms with Crippen molar-refractivity contribution in [2.24, 2.45) is 0 Å². The highest BCUT2D eigenvalue weighted by atomic mass is 16.2. The second-order valence-corrected chi connectivity index (χ2v) is 6.03. The van der Waals surface area contributed by atoms with Crippen molar-refractivity contribution in [3.8, 4) is 0 Å². The Bertz CT molecular complexity index is 500. The Hall–Kier alpha value is -1.84. The average Bonchev–Trinajstić information content (AvgIpc) is 2.33. The summed E-state index contributed by atoms with van der Waals surface area (Å²) in [7, 11) is 1.65. The third-order valence-corrected chi connectivity index (χ3v) is 3.44. The van der Waals surface area contributed by atoms with E-state index in [0.717, 1.165) is 5.69 Å². The van der Waals surface area contributed by atoms with Crippen molar-refractivity contribution in [3.63, 3.8) is 0 Å². The predicted octanol–water partition coefficient (Wildman–Crippen LogP) is 1.79. The first-order valence-electron chi connectivity index (χ1n) is 6.44. The Morgan fingerprint density at radius 1 is 0.947 bits per heavy atom. The Morgan fingerprint density at radius 2 is 1.53 bits per heavy atom. The molecule has 102 valence electrons. The molecular weight excluding hydrogens is 240 g/mol. The van der Waals surface area contributed by atoms with Gasteiger partial charge in [-0.25, -0.2) is 0 Å². The van der Waals surface area contributed by atoms with Crippen LogP contribution in [0.3, 0.4) is 0 Å². The van der Waals surface area contributed by atoms with Gasteiger partial charge in [-0.05, 0) is 23.1 Å². The highest BCUT2D eigenvalue weighted by molar-refractivity contribution is 6.04. The molecule has 0 spiro atoms. The predicted molar refractivity (Wildman–Crippen MR) is 75.1 cm³/mol. The van der Waals surface area contributed by atoms with E-state index in [1.807, 2.05) is 24.3 Å². The van der Waals surface area contributed by atoms with Crippen LogP contribution in [0.15, 0.2) is 24.3 Å². The van der Waals surface area contributed by atoms with Crippen molar-refractivity contribution >= 4 is 17.5 Å². The van der Waals surface area contributed by atoms with E-state index in [9.17, 15) is 9.59 Å². The molecule has 0 aromatic heterocycles. The number of likely N-dealkylation sites (N-methyl/N-ethyl adjacent to an activating group) is 1. The number of rotatable bonds is 1. The van der Waals surface area contributed by atoms with Gasteiger partial charge in [-0.15, -0.1) is 0 Å². The lowest BCUT2D eigenvalue weighted by Crippen LogP contribution is -2.52. The van der Waals surface area contributed by atoms with Gasteiger partial charge in [0.15, 0.2) is 0 Å². The molecule has 0 radical (unpaired) electrons. The van der Waals surface area contributed by atoms with Gasteiger partial charge in [0, 0.05) is 12.7 Å². The van der Waals surface area contributed by atoms with Gasteiger partial charge < -0.3 is 9.80 Å². The van der Waals surface area contributed by atoms with Gasteiger partial charge in [0.05, 0.1) is 6.54 Å². The van der Waals surface area contributed by atoms with Crippen LogP contribution in [0.25, 0.3) is 0 Å². The van der Waals surface area contributed by atoms with E-state index >= 15 is 0 Å². The largest absolute Gasteiger partial charge is 0.335 e. The van der Waals surface area contributed by atoms with Crippen LogP contribution in [-0.4, -0.2) is 36.9 Å². The minimum Gasteiger partial charge on any atom is -0.335 e. The second kappa shape index (κ2) is 4.68. The molecule has 1 aliphatic rings. The summed E-state index contributed by atoms with van der Waals surface area (Å²) in [5.41, 5.74) is 2.09. The van der Waals surface area contributed by atoms with Gasteiger partial charge in [0.25, 0.3) is 0 Å². The summed E-state index contributed by atoms with van der Waals surface area (Å²) in [6, 6.07) is 7.87. The molecule has 0 aliphatic carbocycles. The molecule has 2 amide bonds. The number of hydrogen-bond donors (Lipinski definition) is 0. The first-order chi connectivity index (χ1) is 8.79. The van der Waals surface area contributed by atoms with Crippen LogP contribution < -0.4 is 4.90 Å². The highest BCUT2D eigenvalue weighted by Crippen LogP contribution is 2.25. The SMILES string of the molecule is CN1CC(=O)N(c2ccc(C(C)(C)C)cc2)CC1=O. The first-order valence-corrected chi connectivity index (χ1v) is 6.44. The third-order valence-electron chi connectivity index (χ3n) is 3.44. The number of amides is 2. The topological polar surface area (TPSA) is 40.6 Å². The second-order valence-electron chi connectivity index (χ2n) is 6.03. The van der Waals surface area contributed by atoms with E-state index in [1.54, 1.807) is 11.9 Å². The van der Waals surface area contributed by atoms with E-state index in [4.69, 9.17) is 0 Å². The van der Waals surface area contributed by atoms with Gasteiger partial charge >= 0.3 is 0 Å². The molecule has 0 unspecified atom stereocenters. The summed E-state index contributed by atoms with van der Waals surface area (Å²) in [5.74, 6) is -0.0647. The monoisotopic (exact) mass is 260 g/mol. The molecule has 0 N–H and O–H groups in total. The van der Waals surface area contributed by atoms with Crippen LogP contribution in [-0.2, 0) is 15.0 Å². The zero-order valence-electron chi connectivity index (χ0n) is 11.9. The minimum absolute atomic E-state index is 0.0282. The van der Waals surface area contributed by atoms with Crippen LogP contribution >= 0.6 is 0 Å². The maximum Gasteiger partial charge on any atom is 0.247 e. The number of hydrogen-bond acceptors (Lipinski definition) is 2. The van der Waals surface area contributed by atoms with Crippen molar-refractivity contribution in [3.05, 3.63) is 29.8 Å². The zero-order valence-corrected chi connectivity index (χ0v) is 11.9. The minimum atomic E-state index is -0.0365. The lowest BCUT2D eigenvalue weighted by atomic mass is 9.87. The molecule has 4 heteroatoms. The molecule has 0 bridgehead atoms. The molecule has 1 aromatic carbocycles. The molecule has 1 aliphatic heterocycles. The van der Waals surface area contributed by atoms with Crippen molar-refractivity contribution < 1.29 is 9.59 Å². The van der Waals surface area contributed by atoms with E-state index in [-0.39, 0.29) is 30.3 Å². The van der Waals surface area contributed by atoms with Crippen LogP contribution in [0.4, 0.5) is 5.69 Å². The molecule has 1 saturated heterocycles. The number of carbonyl (C=O) groups is 2.